The van der Waals surface area contributed by atoms with E-state index >= 15 is 0 Å². The molecule has 2 N–H and O–H groups in total. The number of ketones is 2. The number of rotatable bonds is 9. The van der Waals surface area contributed by atoms with Gasteiger partial charge in [0.05, 0.1) is 11.6 Å². The lowest BCUT2D eigenvalue weighted by atomic mass is 9.71. The molecule has 2 aliphatic carbocycles. The molecule has 11 heteroatoms. The van der Waals surface area contributed by atoms with E-state index in [2.05, 4.69) is 35.6 Å². The van der Waals surface area contributed by atoms with Crippen molar-refractivity contribution in [1.82, 2.24) is 34.9 Å². The van der Waals surface area contributed by atoms with Gasteiger partial charge in [0.15, 0.2) is 5.78 Å². The number of Topliss-reactive ketones (excluding diaryl/α,β-unsaturated/α-hetero) is 2. The van der Waals surface area contributed by atoms with Gasteiger partial charge in [-0.15, -0.1) is 0 Å². The van der Waals surface area contributed by atoms with Crippen molar-refractivity contribution in [3.63, 3.8) is 0 Å². The molecule has 11 nitrogen and oxygen atoms in total. The molecule has 1 amide bonds. The van der Waals surface area contributed by atoms with Gasteiger partial charge in [0.25, 0.3) is 0 Å². The van der Waals surface area contributed by atoms with Crippen LogP contribution >= 0.6 is 0 Å². The van der Waals surface area contributed by atoms with E-state index < -0.39 is 0 Å². The average Bonchev–Trinajstić information content (AvgIpc) is 3.36. The van der Waals surface area contributed by atoms with Crippen LogP contribution in [-0.4, -0.2) is 78.8 Å². The largest absolute Gasteiger partial charge is 0.309 e. The number of piperidine rings is 3. The van der Waals surface area contributed by atoms with Crippen LogP contribution in [0, 0.1) is 31.1 Å². The first kappa shape index (κ1) is 29.1. The van der Waals surface area contributed by atoms with Crippen molar-refractivity contribution < 1.29 is 14.4 Å². The smallest absolute Gasteiger partial charge is 0.242 e. The summed E-state index contributed by atoms with van der Waals surface area (Å²) in [6, 6.07) is 9.24. The molecular formula is C35H38N8O3. The molecule has 2 saturated carbocycles. The van der Waals surface area contributed by atoms with Gasteiger partial charge in [0.1, 0.15) is 29.6 Å². The third kappa shape index (κ3) is 5.21. The average molecular weight is 619 g/mol. The molecule has 3 atom stereocenters. The second-order valence-corrected chi connectivity index (χ2v) is 14.0. The Morgan fingerprint density at radius 2 is 1.76 bits per heavy atom. The summed E-state index contributed by atoms with van der Waals surface area (Å²) < 4.78 is 1.55. The van der Waals surface area contributed by atoms with Crippen molar-refractivity contribution in [2.24, 2.45) is 17.3 Å². The van der Waals surface area contributed by atoms with Gasteiger partial charge in [-0.25, -0.2) is 15.0 Å². The Morgan fingerprint density at radius 3 is 2.50 bits per heavy atom. The fourth-order valence-corrected chi connectivity index (χ4v) is 7.99. The van der Waals surface area contributed by atoms with E-state index in [1.54, 1.807) is 29.2 Å². The van der Waals surface area contributed by atoms with E-state index in [1.165, 1.54) is 32.9 Å². The number of aryl methyl sites for hydroxylation is 2. The highest BCUT2D eigenvalue weighted by molar-refractivity contribution is 6.06. The van der Waals surface area contributed by atoms with Gasteiger partial charge < -0.3 is 15.5 Å². The highest BCUT2D eigenvalue weighted by Gasteiger charge is 2.62. The highest BCUT2D eigenvalue weighted by atomic mass is 16.2. The first-order valence-corrected chi connectivity index (χ1v) is 16.2. The molecule has 4 aromatic rings. The molecule has 3 aromatic heterocycles. The van der Waals surface area contributed by atoms with Crippen LogP contribution in [0.2, 0.25) is 0 Å². The number of fused-ring (bicyclic) bond motifs is 4. The van der Waals surface area contributed by atoms with Crippen LogP contribution in [0.3, 0.4) is 0 Å². The van der Waals surface area contributed by atoms with E-state index in [4.69, 9.17) is 0 Å². The van der Waals surface area contributed by atoms with Gasteiger partial charge in [0, 0.05) is 61.4 Å². The molecular weight excluding hydrogens is 580 g/mol. The predicted octanol–water partition coefficient (Wildman–Crippen LogP) is 3.99. The second-order valence-electron chi connectivity index (χ2n) is 14.0. The third-order valence-corrected chi connectivity index (χ3v) is 10.5. The number of aromatic nitrogens is 5. The quantitative estimate of drug-likeness (QED) is 0.267. The number of hydrogen-bond acceptors (Lipinski definition) is 9. The minimum atomic E-state index is -0.273. The van der Waals surface area contributed by atoms with E-state index in [-0.39, 0.29) is 41.2 Å². The van der Waals surface area contributed by atoms with Gasteiger partial charge in [-0.2, -0.15) is 5.10 Å². The fraction of sp³-hybridized carbons (Fsp3) is 0.457. The van der Waals surface area contributed by atoms with E-state index in [9.17, 15) is 14.4 Å². The summed E-state index contributed by atoms with van der Waals surface area (Å²) in [5.74, 6) is 2.24. The monoisotopic (exact) mass is 618 g/mol. The molecule has 5 fully saturated rings. The minimum Gasteiger partial charge on any atom is -0.309 e. The van der Waals surface area contributed by atoms with Crippen LogP contribution in [0.1, 0.15) is 65.0 Å². The number of nitrogens with zero attached hydrogens (tertiary/aromatic N) is 6. The summed E-state index contributed by atoms with van der Waals surface area (Å²) in [4.78, 5) is 55.2. The molecule has 0 spiro atoms. The Balaban J connectivity index is 0.964. The van der Waals surface area contributed by atoms with Crippen molar-refractivity contribution in [2.75, 3.05) is 25.0 Å². The Kier molecular flexibility index (Phi) is 6.88. The maximum atomic E-state index is 13.5. The maximum absolute atomic E-state index is 13.5. The number of benzene rings is 1. The second kappa shape index (κ2) is 10.9. The summed E-state index contributed by atoms with van der Waals surface area (Å²) >= 11 is 0. The van der Waals surface area contributed by atoms with Crippen molar-refractivity contribution >= 4 is 34.2 Å². The molecule has 3 aliphatic heterocycles. The molecule has 9 rings (SSSR count). The topological polar surface area (TPSA) is 135 Å². The van der Waals surface area contributed by atoms with E-state index in [0.717, 1.165) is 47.9 Å². The lowest BCUT2D eigenvalue weighted by Crippen LogP contribution is -2.50. The number of nitrogens with one attached hydrogen (secondary N) is 2. The lowest BCUT2D eigenvalue weighted by molar-refractivity contribution is -0.118. The number of anilines is 1. The van der Waals surface area contributed by atoms with Gasteiger partial charge in [-0.3, -0.25) is 19.1 Å². The zero-order chi connectivity index (χ0) is 31.7. The SMILES string of the molecule is CC(=O)c1nn(CC(=O)c2ccc(C)c(NC(=O)[C@@H]3CC4(CN5CC6CC(C6)C5)CC4N3)n2)c2ccc(-c3cnc(C)nc3)cc12. The molecule has 2 unspecified atom stereocenters. The third-order valence-electron chi connectivity index (χ3n) is 10.5. The van der Waals surface area contributed by atoms with Crippen molar-refractivity contribution in [1.29, 1.82) is 0 Å². The molecule has 2 bridgehead atoms. The zero-order valence-electron chi connectivity index (χ0n) is 26.4. The Hall–Kier alpha value is -4.35. The van der Waals surface area contributed by atoms with Crippen LogP contribution < -0.4 is 10.6 Å². The molecule has 6 heterocycles. The van der Waals surface area contributed by atoms with Crippen molar-refractivity contribution in [2.45, 2.75) is 65.1 Å². The summed E-state index contributed by atoms with van der Waals surface area (Å²) in [6.07, 6.45) is 8.24. The van der Waals surface area contributed by atoms with Crippen LogP contribution in [0.4, 0.5) is 5.82 Å². The standard InChI is InChI=1S/C35H38N8O3/c1-19-4-6-27(39-33(19)40-34(46)28-11-35(12-31(35)38-28)18-42-15-22-8-23(9-22)16-42)30(45)17-43-29-7-5-24(25-13-36-21(3)37-14-25)10-26(29)32(41-43)20(2)44/h4-7,10,13-14,22-23,28,31,38H,8-9,11-12,15-18H2,1-3H3,(H,39,40,46)/t22?,23?,28-,31?,35?/m0/s1. The summed E-state index contributed by atoms with van der Waals surface area (Å²) in [5.41, 5.74) is 3.84. The van der Waals surface area contributed by atoms with Gasteiger partial charge in [0.2, 0.25) is 11.7 Å². The molecule has 1 aromatic carbocycles. The molecule has 5 aliphatic rings. The number of carbonyl (C=O) groups is 3. The zero-order valence-corrected chi connectivity index (χ0v) is 26.4. The number of amides is 1. The first-order chi connectivity index (χ1) is 22.1. The Morgan fingerprint density at radius 1 is 1.00 bits per heavy atom. The summed E-state index contributed by atoms with van der Waals surface area (Å²) in [6.45, 7) is 8.55. The molecule has 46 heavy (non-hydrogen) atoms. The number of carbonyl (C=O) groups excluding carboxylic acids is 3. The molecule has 0 radical (unpaired) electrons. The Bertz CT molecular complexity index is 1890. The number of hydrogen-bond donors (Lipinski definition) is 2. The van der Waals surface area contributed by atoms with Gasteiger partial charge in [-0.1, -0.05) is 12.1 Å². The van der Waals surface area contributed by atoms with Crippen molar-refractivity contribution in [3.8, 4) is 11.1 Å². The van der Waals surface area contributed by atoms with Gasteiger partial charge >= 0.3 is 0 Å². The van der Waals surface area contributed by atoms with Crippen LogP contribution in [0.25, 0.3) is 22.0 Å². The first-order valence-electron chi connectivity index (χ1n) is 16.2. The lowest BCUT2D eigenvalue weighted by Gasteiger charge is -2.48. The highest BCUT2D eigenvalue weighted by Crippen LogP contribution is 2.56. The fourth-order valence-electron chi connectivity index (χ4n) is 7.99. The number of pyridine rings is 1. The summed E-state index contributed by atoms with van der Waals surface area (Å²) in [7, 11) is 0. The van der Waals surface area contributed by atoms with Gasteiger partial charge in [-0.05, 0) is 80.7 Å². The minimum absolute atomic E-state index is 0.104. The predicted molar refractivity (Wildman–Crippen MR) is 172 cm³/mol. The summed E-state index contributed by atoms with van der Waals surface area (Å²) in [5, 5.41) is 11.7. The molecule has 3 saturated heterocycles. The van der Waals surface area contributed by atoms with E-state index in [1.807, 2.05) is 32.0 Å². The van der Waals surface area contributed by atoms with Crippen LogP contribution in [0.5, 0.6) is 0 Å². The van der Waals surface area contributed by atoms with Crippen molar-refractivity contribution in [3.05, 3.63) is 65.5 Å². The van der Waals surface area contributed by atoms with Crippen LogP contribution in [-0.2, 0) is 11.3 Å². The van der Waals surface area contributed by atoms with E-state index in [0.29, 0.717) is 34.3 Å². The maximum Gasteiger partial charge on any atom is 0.242 e. The van der Waals surface area contributed by atoms with Crippen LogP contribution in [0.15, 0.2) is 42.7 Å². The Labute approximate surface area is 267 Å². The normalized spacial score (nSPS) is 26.4. The molecule has 236 valence electrons.